The average molecular weight is 363 g/mol. The molecule has 0 N–H and O–H groups in total. The maximum Gasteiger partial charge on any atom is 0.410 e. The van der Waals surface area contributed by atoms with Crippen molar-refractivity contribution in [3.63, 3.8) is 0 Å². The van der Waals surface area contributed by atoms with E-state index < -0.39 is 17.7 Å². The SMILES string of the molecule is Cn1cnnc1[C@H]1CCCN(C(=O)[C@@H]2CCCN2C(=O)OC(C)(C)C)C1. The fourth-order valence-corrected chi connectivity index (χ4v) is 3.82. The van der Waals surface area contributed by atoms with Crippen LogP contribution in [0.1, 0.15) is 58.2 Å². The summed E-state index contributed by atoms with van der Waals surface area (Å²) in [6, 6.07) is -0.414. The van der Waals surface area contributed by atoms with E-state index in [0.717, 1.165) is 31.6 Å². The lowest BCUT2D eigenvalue weighted by Gasteiger charge is -2.36. The Morgan fingerprint density at radius 2 is 1.92 bits per heavy atom. The molecule has 0 aliphatic carbocycles. The summed E-state index contributed by atoms with van der Waals surface area (Å²) in [6.07, 6.45) is 4.76. The van der Waals surface area contributed by atoms with Crippen LogP contribution in [0.2, 0.25) is 0 Å². The first-order chi connectivity index (χ1) is 12.3. The molecule has 2 amide bonds. The van der Waals surface area contributed by atoms with Crippen LogP contribution in [0.25, 0.3) is 0 Å². The molecule has 2 fully saturated rings. The summed E-state index contributed by atoms with van der Waals surface area (Å²) >= 11 is 0. The highest BCUT2D eigenvalue weighted by molar-refractivity contribution is 5.86. The van der Waals surface area contributed by atoms with Crippen molar-refractivity contribution < 1.29 is 14.3 Å². The fourth-order valence-electron chi connectivity index (χ4n) is 3.82. The van der Waals surface area contributed by atoms with Crippen LogP contribution in [0.4, 0.5) is 4.79 Å². The number of aryl methyl sites for hydroxylation is 1. The van der Waals surface area contributed by atoms with Crippen molar-refractivity contribution in [1.82, 2.24) is 24.6 Å². The van der Waals surface area contributed by atoms with Gasteiger partial charge in [0.1, 0.15) is 23.8 Å². The predicted molar refractivity (Wildman–Crippen MR) is 95.5 cm³/mol. The number of carbonyl (C=O) groups excluding carboxylic acids is 2. The molecule has 26 heavy (non-hydrogen) atoms. The third-order valence-corrected chi connectivity index (χ3v) is 5.01. The van der Waals surface area contributed by atoms with E-state index in [0.29, 0.717) is 19.5 Å². The van der Waals surface area contributed by atoms with Gasteiger partial charge in [0, 0.05) is 32.6 Å². The van der Waals surface area contributed by atoms with Crippen LogP contribution >= 0.6 is 0 Å². The number of nitrogens with zero attached hydrogens (tertiary/aromatic N) is 5. The summed E-state index contributed by atoms with van der Waals surface area (Å²) in [5, 5.41) is 8.16. The first-order valence-corrected chi connectivity index (χ1v) is 9.38. The predicted octanol–water partition coefficient (Wildman–Crippen LogP) is 1.92. The van der Waals surface area contributed by atoms with Gasteiger partial charge in [0.15, 0.2) is 0 Å². The van der Waals surface area contributed by atoms with Crippen LogP contribution in [0, 0.1) is 0 Å². The standard InChI is InChI=1S/C18H29N5O3/c1-18(2,3)26-17(25)23-10-6-8-14(23)16(24)22-9-5-7-13(11-22)15-20-19-12-21(15)4/h12-14H,5-11H2,1-4H3/t13-,14-/m0/s1. The zero-order valence-electron chi connectivity index (χ0n) is 16.1. The van der Waals surface area contributed by atoms with Gasteiger partial charge in [0.25, 0.3) is 0 Å². The lowest BCUT2D eigenvalue weighted by atomic mass is 9.96. The van der Waals surface area contributed by atoms with E-state index in [4.69, 9.17) is 4.74 Å². The summed E-state index contributed by atoms with van der Waals surface area (Å²) < 4.78 is 7.40. The van der Waals surface area contributed by atoms with Gasteiger partial charge in [-0.3, -0.25) is 9.69 Å². The van der Waals surface area contributed by atoms with Crippen molar-refractivity contribution in [2.24, 2.45) is 7.05 Å². The van der Waals surface area contributed by atoms with Gasteiger partial charge in [0.2, 0.25) is 5.91 Å². The van der Waals surface area contributed by atoms with Gasteiger partial charge in [-0.1, -0.05) is 0 Å². The van der Waals surface area contributed by atoms with Gasteiger partial charge < -0.3 is 14.2 Å². The molecule has 0 spiro atoms. The summed E-state index contributed by atoms with van der Waals surface area (Å²) in [5.41, 5.74) is -0.561. The van der Waals surface area contributed by atoms with E-state index in [9.17, 15) is 9.59 Å². The molecule has 3 rings (SSSR count). The Labute approximate surface area is 154 Å². The van der Waals surface area contributed by atoms with Crippen molar-refractivity contribution in [2.75, 3.05) is 19.6 Å². The number of hydrogen-bond acceptors (Lipinski definition) is 5. The lowest BCUT2D eigenvalue weighted by Crippen LogP contribution is -2.51. The minimum atomic E-state index is -0.561. The largest absolute Gasteiger partial charge is 0.444 e. The van der Waals surface area contributed by atoms with Gasteiger partial charge in [-0.2, -0.15) is 0 Å². The second-order valence-corrected chi connectivity index (χ2v) is 8.26. The highest BCUT2D eigenvalue weighted by Gasteiger charge is 2.40. The van der Waals surface area contributed by atoms with Gasteiger partial charge in [0.05, 0.1) is 0 Å². The number of piperidine rings is 1. The first-order valence-electron chi connectivity index (χ1n) is 9.38. The zero-order valence-corrected chi connectivity index (χ0v) is 16.1. The highest BCUT2D eigenvalue weighted by Crippen LogP contribution is 2.28. The average Bonchev–Trinajstić information content (AvgIpc) is 3.21. The topological polar surface area (TPSA) is 80.6 Å². The Kier molecular flexibility index (Phi) is 5.20. The summed E-state index contributed by atoms with van der Waals surface area (Å²) in [7, 11) is 1.93. The van der Waals surface area contributed by atoms with Gasteiger partial charge in [-0.05, 0) is 46.5 Å². The molecular weight excluding hydrogens is 334 g/mol. The Morgan fingerprint density at radius 1 is 1.19 bits per heavy atom. The highest BCUT2D eigenvalue weighted by atomic mass is 16.6. The molecule has 3 heterocycles. The Morgan fingerprint density at radius 3 is 2.58 bits per heavy atom. The molecule has 144 valence electrons. The molecule has 1 aromatic heterocycles. The Balaban J connectivity index is 1.67. The second kappa shape index (κ2) is 7.25. The quantitative estimate of drug-likeness (QED) is 0.802. The third-order valence-electron chi connectivity index (χ3n) is 5.01. The summed E-state index contributed by atoms with van der Waals surface area (Å²) in [4.78, 5) is 29.1. The zero-order chi connectivity index (χ0) is 18.9. The molecule has 0 radical (unpaired) electrons. The molecule has 0 bridgehead atoms. The van der Waals surface area contributed by atoms with E-state index in [1.807, 2.05) is 37.3 Å². The molecule has 0 saturated carbocycles. The summed E-state index contributed by atoms with van der Waals surface area (Å²) in [5.74, 6) is 1.13. The third kappa shape index (κ3) is 3.99. The van der Waals surface area contributed by atoms with E-state index in [-0.39, 0.29) is 11.8 Å². The van der Waals surface area contributed by atoms with Crippen molar-refractivity contribution >= 4 is 12.0 Å². The van der Waals surface area contributed by atoms with Crippen LogP contribution in [0.15, 0.2) is 6.33 Å². The van der Waals surface area contributed by atoms with Crippen LogP contribution in [-0.2, 0) is 16.6 Å². The number of carbonyl (C=O) groups is 2. The van der Waals surface area contributed by atoms with Gasteiger partial charge in [-0.15, -0.1) is 10.2 Å². The maximum atomic E-state index is 13.1. The molecule has 2 atom stereocenters. The molecule has 2 aliphatic rings. The molecular formula is C18H29N5O3. The van der Waals surface area contributed by atoms with Crippen molar-refractivity contribution in [3.05, 3.63) is 12.2 Å². The van der Waals surface area contributed by atoms with Crippen molar-refractivity contribution in [2.45, 2.75) is 64.0 Å². The van der Waals surface area contributed by atoms with Gasteiger partial charge in [-0.25, -0.2) is 4.79 Å². The molecule has 2 saturated heterocycles. The Bertz CT molecular complexity index is 666. The van der Waals surface area contributed by atoms with E-state index >= 15 is 0 Å². The van der Waals surface area contributed by atoms with Crippen LogP contribution in [-0.4, -0.2) is 67.8 Å². The van der Waals surface area contributed by atoms with E-state index in [2.05, 4.69) is 10.2 Å². The first kappa shape index (κ1) is 18.7. The van der Waals surface area contributed by atoms with Crippen LogP contribution < -0.4 is 0 Å². The van der Waals surface area contributed by atoms with Gasteiger partial charge >= 0.3 is 6.09 Å². The molecule has 0 aromatic carbocycles. The van der Waals surface area contributed by atoms with Crippen molar-refractivity contribution in [3.8, 4) is 0 Å². The van der Waals surface area contributed by atoms with Crippen molar-refractivity contribution in [1.29, 1.82) is 0 Å². The Hall–Kier alpha value is -2.12. The van der Waals surface area contributed by atoms with Crippen LogP contribution in [0.3, 0.4) is 0 Å². The number of aromatic nitrogens is 3. The van der Waals surface area contributed by atoms with Crippen LogP contribution in [0.5, 0.6) is 0 Å². The lowest BCUT2D eigenvalue weighted by molar-refractivity contribution is -0.137. The number of amides is 2. The number of ether oxygens (including phenoxy) is 1. The molecule has 8 heteroatoms. The second-order valence-electron chi connectivity index (χ2n) is 8.26. The minimum Gasteiger partial charge on any atom is -0.444 e. The number of rotatable bonds is 2. The minimum absolute atomic E-state index is 0.0280. The molecule has 8 nitrogen and oxygen atoms in total. The van der Waals surface area contributed by atoms with E-state index in [1.54, 1.807) is 11.2 Å². The van der Waals surface area contributed by atoms with E-state index in [1.165, 1.54) is 0 Å². The summed E-state index contributed by atoms with van der Waals surface area (Å²) in [6.45, 7) is 7.46. The number of hydrogen-bond donors (Lipinski definition) is 0. The molecule has 0 unspecified atom stereocenters. The fraction of sp³-hybridized carbons (Fsp3) is 0.778. The number of likely N-dealkylation sites (tertiary alicyclic amines) is 2. The molecule has 1 aromatic rings. The monoisotopic (exact) mass is 363 g/mol. The normalized spacial score (nSPS) is 24.0. The molecule has 2 aliphatic heterocycles. The maximum absolute atomic E-state index is 13.1. The smallest absolute Gasteiger partial charge is 0.410 e.